The topological polar surface area (TPSA) is 25.8 Å². The predicted octanol–water partition coefficient (Wildman–Crippen LogP) is 3.95. The number of nitrogens with zero attached hydrogens (tertiary/aromatic N) is 2. The van der Waals surface area contributed by atoms with Gasteiger partial charge in [0, 0.05) is 11.8 Å². The summed E-state index contributed by atoms with van der Waals surface area (Å²) < 4.78 is 50.7. The molecule has 0 radical (unpaired) electrons. The van der Waals surface area contributed by atoms with E-state index < -0.39 is 17.6 Å². The molecule has 1 heterocycles. The first-order valence-electron chi connectivity index (χ1n) is 4.73. The number of hydrogen-bond donors (Lipinski definition) is 0. The lowest BCUT2D eigenvalue weighted by Gasteiger charge is -2.08. The summed E-state index contributed by atoms with van der Waals surface area (Å²) in [6.07, 6.45) is -3.29. The molecule has 0 saturated carbocycles. The molecule has 94 valence electrons. The molecule has 0 bridgehead atoms. The van der Waals surface area contributed by atoms with Gasteiger partial charge in [-0.25, -0.2) is 14.4 Å². The van der Waals surface area contributed by atoms with Crippen LogP contribution >= 0.6 is 11.6 Å². The van der Waals surface area contributed by atoms with Crippen molar-refractivity contribution >= 4 is 11.6 Å². The summed E-state index contributed by atoms with van der Waals surface area (Å²) in [6.45, 7) is 0. The van der Waals surface area contributed by atoms with Crippen molar-refractivity contribution in [2.24, 2.45) is 0 Å². The van der Waals surface area contributed by atoms with E-state index in [1.165, 1.54) is 12.3 Å². The molecule has 0 amide bonds. The Morgan fingerprint density at radius 2 is 1.83 bits per heavy atom. The van der Waals surface area contributed by atoms with Crippen molar-refractivity contribution in [1.29, 1.82) is 0 Å². The summed E-state index contributed by atoms with van der Waals surface area (Å²) in [5, 5.41) is -0.105. The van der Waals surface area contributed by atoms with Crippen LogP contribution in [0.1, 0.15) is 5.56 Å². The minimum atomic E-state index is -4.58. The molecule has 0 spiro atoms. The summed E-state index contributed by atoms with van der Waals surface area (Å²) >= 11 is 5.53. The Labute approximate surface area is 104 Å². The Hall–Kier alpha value is -1.69. The Morgan fingerprint density at radius 1 is 1.11 bits per heavy atom. The van der Waals surface area contributed by atoms with Gasteiger partial charge in [-0.2, -0.15) is 13.2 Å². The van der Waals surface area contributed by atoms with Crippen molar-refractivity contribution in [2.75, 3.05) is 0 Å². The highest BCUT2D eigenvalue weighted by Crippen LogP contribution is 2.32. The largest absolute Gasteiger partial charge is 0.416 e. The van der Waals surface area contributed by atoms with Crippen LogP contribution in [0.15, 0.2) is 30.5 Å². The summed E-state index contributed by atoms with van der Waals surface area (Å²) in [5.74, 6) is -1.01. The van der Waals surface area contributed by atoms with E-state index in [0.717, 1.165) is 12.1 Å². The van der Waals surface area contributed by atoms with Gasteiger partial charge in [0.25, 0.3) is 0 Å². The lowest BCUT2D eigenvalue weighted by atomic mass is 10.1. The van der Waals surface area contributed by atoms with E-state index >= 15 is 0 Å². The fourth-order valence-electron chi connectivity index (χ4n) is 1.38. The van der Waals surface area contributed by atoms with Crippen LogP contribution < -0.4 is 0 Å². The number of rotatable bonds is 1. The maximum Gasteiger partial charge on any atom is 0.416 e. The summed E-state index contributed by atoms with van der Waals surface area (Å²) in [4.78, 5) is 7.33. The third-order valence-corrected chi connectivity index (χ3v) is 2.38. The molecule has 0 N–H and O–H groups in total. The van der Waals surface area contributed by atoms with Gasteiger partial charge in [0.2, 0.25) is 5.28 Å². The molecule has 0 aliphatic heterocycles. The zero-order chi connectivity index (χ0) is 13.3. The summed E-state index contributed by atoms with van der Waals surface area (Å²) in [6, 6.07) is 3.58. The molecular formula is C11H5ClF4N2. The quantitative estimate of drug-likeness (QED) is 0.582. The van der Waals surface area contributed by atoms with Crippen LogP contribution in [-0.4, -0.2) is 9.97 Å². The number of halogens is 5. The SMILES string of the molecule is Fc1cc(C(F)(F)F)ccc1-c1ccnc(Cl)n1. The number of hydrogen-bond acceptors (Lipinski definition) is 2. The third kappa shape index (κ3) is 2.59. The molecule has 1 aromatic heterocycles. The van der Waals surface area contributed by atoms with Crippen molar-refractivity contribution in [3.05, 3.63) is 47.1 Å². The molecule has 0 unspecified atom stereocenters. The van der Waals surface area contributed by atoms with Crippen molar-refractivity contribution in [3.8, 4) is 11.3 Å². The van der Waals surface area contributed by atoms with Crippen LogP contribution in [0.3, 0.4) is 0 Å². The second-order valence-electron chi connectivity index (χ2n) is 3.40. The van der Waals surface area contributed by atoms with Crippen molar-refractivity contribution < 1.29 is 17.6 Å². The normalized spacial score (nSPS) is 11.6. The molecular weight excluding hydrogens is 272 g/mol. The van der Waals surface area contributed by atoms with Crippen molar-refractivity contribution in [3.63, 3.8) is 0 Å². The molecule has 1 aromatic carbocycles. The second kappa shape index (κ2) is 4.53. The highest BCUT2D eigenvalue weighted by molar-refractivity contribution is 6.28. The first-order valence-corrected chi connectivity index (χ1v) is 5.11. The fraction of sp³-hybridized carbons (Fsp3) is 0.0909. The van der Waals surface area contributed by atoms with Gasteiger partial charge < -0.3 is 0 Å². The second-order valence-corrected chi connectivity index (χ2v) is 3.74. The smallest absolute Gasteiger partial charge is 0.226 e. The molecule has 2 rings (SSSR count). The van der Waals surface area contributed by atoms with Crippen LogP contribution in [0.2, 0.25) is 5.28 Å². The lowest BCUT2D eigenvalue weighted by Crippen LogP contribution is -2.05. The Morgan fingerprint density at radius 3 is 2.39 bits per heavy atom. The average molecular weight is 277 g/mol. The van der Waals surface area contributed by atoms with Crippen LogP contribution in [-0.2, 0) is 6.18 Å². The van der Waals surface area contributed by atoms with Gasteiger partial charge in [0.1, 0.15) is 5.82 Å². The van der Waals surface area contributed by atoms with Gasteiger partial charge in [-0.05, 0) is 35.9 Å². The van der Waals surface area contributed by atoms with Gasteiger partial charge in [-0.3, -0.25) is 0 Å². The van der Waals surface area contributed by atoms with Gasteiger partial charge >= 0.3 is 6.18 Å². The maximum atomic E-state index is 13.6. The summed E-state index contributed by atoms with van der Waals surface area (Å²) in [5.41, 5.74) is -0.988. The first kappa shape index (κ1) is 12.8. The number of benzene rings is 1. The van der Waals surface area contributed by atoms with Gasteiger partial charge in [0.05, 0.1) is 11.3 Å². The van der Waals surface area contributed by atoms with Gasteiger partial charge in [-0.1, -0.05) is 0 Å². The van der Waals surface area contributed by atoms with Crippen LogP contribution in [0, 0.1) is 5.82 Å². The van der Waals surface area contributed by atoms with E-state index in [0.29, 0.717) is 6.07 Å². The van der Waals surface area contributed by atoms with Crippen LogP contribution in [0.5, 0.6) is 0 Å². The standard InChI is InChI=1S/C11H5ClF4N2/c12-10-17-4-3-9(18-10)7-2-1-6(5-8(7)13)11(14,15)16/h1-5H. The zero-order valence-corrected chi connectivity index (χ0v) is 9.43. The van der Waals surface area contributed by atoms with Gasteiger partial charge in [-0.15, -0.1) is 0 Å². The van der Waals surface area contributed by atoms with Crippen LogP contribution in [0.4, 0.5) is 17.6 Å². The van der Waals surface area contributed by atoms with Crippen LogP contribution in [0.25, 0.3) is 11.3 Å². The zero-order valence-electron chi connectivity index (χ0n) is 8.67. The van der Waals surface area contributed by atoms with Crippen molar-refractivity contribution in [1.82, 2.24) is 9.97 Å². The minimum Gasteiger partial charge on any atom is -0.226 e. The Bertz CT molecular complexity index is 583. The summed E-state index contributed by atoms with van der Waals surface area (Å²) in [7, 11) is 0. The number of alkyl halides is 3. The van der Waals surface area contributed by atoms with E-state index in [4.69, 9.17) is 11.6 Å². The van der Waals surface area contributed by atoms with Gasteiger partial charge in [0.15, 0.2) is 0 Å². The maximum absolute atomic E-state index is 13.6. The molecule has 0 aliphatic carbocycles. The molecule has 0 saturated heterocycles. The third-order valence-electron chi connectivity index (χ3n) is 2.20. The monoisotopic (exact) mass is 276 g/mol. The molecule has 0 atom stereocenters. The van der Waals surface area contributed by atoms with Crippen molar-refractivity contribution in [2.45, 2.75) is 6.18 Å². The van der Waals surface area contributed by atoms with E-state index in [2.05, 4.69) is 9.97 Å². The molecule has 2 nitrogen and oxygen atoms in total. The van der Waals surface area contributed by atoms with E-state index in [1.807, 2.05) is 0 Å². The Balaban J connectivity index is 2.48. The fourth-order valence-corrected chi connectivity index (χ4v) is 1.53. The number of aromatic nitrogens is 2. The minimum absolute atomic E-state index is 0.0627. The van der Waals surface area contributed by atoms with E-state index in [-0.39, 0.29) is 16.5 Å². The van der Waals surface area contributed by atoms with E-state index in [1.54, 1.807) is 0 Å². The molecule has 0 aliphatic rings. The lowest BCUT2D eigenvalue weighted by molar-refractivity contribution is -0.137. The highest BCUT2D eigenvalue weighted by Gasteiger charge is 2.31. The van der Waals surface area contributed by atoms with E-state index in [9.17, 15) is 17.6 Å². The molecule has 18 heavy (non-hydrogen) atoms. The molecule has 2 aromatic rings. The Kier molecular flexibility index (Phi) is 3.21. The first-order chi connectivity index (χ1) is 8.38. The highest BCUT2D eigenvalue weighted by atomic mass is 35.5. The molecule has 0 fully saturated rings. The predicted molar refractivity (Wildman–Crippen MR) is 57.4 cm³/mol. The average Bonchev–Trinajstić information content (AvgIpc) is 2.27. The molecule has 7 heteroatoms.